The molecule has 2 aromatic heterocycles. The zero-order valence-electron chi connectivity index (χ0n) is 19.7. The highest BCUT2D eigenvalue weighted by molar-refractivity contribution is 9.10. The number of carbonyl (C=O) groups excluding carboxylic acids is 2. The number of aryl methyl sites for hydroxylation is 1. The molecule has 1 aliphatic rings. The Morgan fingerprint density at radius 3 is 2.50 bits per heavy atom. The Hall–Kier alpha value is -3.66. The predicted molar refractivity (Wildman–Crippen MR) is 140 cm³/mol. The molecule has 0 atom stereocenters. The first-order valence-electron chi connectivity index (χ1n) is 11.8. The maximum Gasteiger partial charge on any atom is 0.332 e. The second-order valence-electron chi connectivity index (χ2n) is 9.10. The Balaban J connectivity index is 1.55. The van der Waals surface area contributed by atoms with Gasteiger partial charge in [0.1, 0.15) is 24.2 Å². The van der Waals surface area contributed by atoms with Crippen LogP contribution in [0.25, 0.3) is 22.1 Å². The highest BCUT2D eigenvalue weighted by atomic mass is 79.9. The number of anilines is 1. The topological polar surface area (TPSA) is 115 Å². The average molecular weight is 553 g/mol. The van der Waals surface area contributed by atoms with Crippen LogP contribution in [-0.2, 0) is 22.7 Å². The van der Waals surface area contributed by atoms with Crippen molar-refractivity contribution in [2.24, 2.45) is 0 Å². The molecule has 5 rings (SSSR count). The van der Waals surface area contributed by atoms with Gasteiger partial charge >= 0.3 is 5.69 Å². The molecule has 0 saturated heterocycles. The molecule has 36 heavy (non-hydrogen) atoms. The second-order valence-corrected chi connectivity index (χ2v) is 9.95. The molecule has 10 heteroatoms. The number of rotatable bonds is 6. The number of nitrogens with zero attached hydrogens (tertiary/aromatic N) is 2. The Morgan fingerprint density at radius 2 is 1.75 bits per heavy atom. The van der Waals surface area contributed by atoms with Gasteiger partial charge in [-0.25, -0.2) is 9.36 Å². The number of benzene rings is 2. The van der Waals surface area contributed by atoms with E-state index in [9.17, 15) is 19.2 Å². The molecule has 4 aromatic rings. The summed E-state index contributed by atoms with van der Waals surface area (Å²) in [7, 11) is 0. The second kappa shape index (κ2) is 9.77. The summed E-state index contributed by atoms with van der Waals surface area (Å²) < 4.78 is 8.75. The van der Waals surface area contributed by atoms with Crippen molar-refractivity contribution in [2.45, 2.75) is 51.7 Å². The van der Waals surface area contributed by atoms with E-state index in [0.29, 0.717) is 16.7 Å². The third kappa shape index (κ3) is 4.60. The number of furan rings is 1. The average Bonchev–Trinajstić information content (AvgIpc) is 3.50. The van der Waals surface area contributed by atoms with E-state index in [1.807, 2.05) is 19.1 Å². The van der Waals surface area contributed by atoms with Crippen LogP contribution in [0.5, 0.6) is 0 Å². The lowest BCUT2D eigenvalue weighted by atomic mass is 10.2. The number of hydrogen-bond donors (Lipinski definition) is 2. The van der Waals surface area contributed by atoms with Gasteiger partial charge in [0.25, 0.3) is 5.56 Å². The summed E-state index contributed by atoms with van der Waals surface area (Å²) in [5.41, 5.74) is 0.638. The molecule has 2 heterocycles. The van der Waals surface area contributed by atoms with E-state index in [1.165, 1.54) is 4.57 Å². The lowest BCUT2D eigenvalue weighted by Gasteiger charge is -2.14. The smallest absolute Gasteiger partial charge is 0.332 e. The fraction of sp³-hybridized carbons (Fsp3) is 0.308. The van der Waals surface area contributed by atoms with E-state index in [-0.39, 0.29) is 23.7 Å². The lowest BCUT2D eigenvalue weighted by Crippen LogP contribution is -2.46. The SMILES string of the molecule is Cc1cc(NC(=O)Cn2c(=O)n(CC(=O)NC3CCCC3)c(=O)c3oc4ccccc4c32)ccc1Br. The van der Waals surface area contributed by atoms with Crippen molar-refractivity contribution in [3.8, 4) is 0 Å². The Labute approximate surface area is 214 Å². The van der Waals surface area contributed by atoms with Crippen LogP contribution < -0.4 is 21.9 Å². The maximum atomic E-state index is 13.5. The minimum atomic E-state index is -0.747. The largest absolute Gasteiger partial charge is 0.449 e. The first-order valence-corrected chi connectivity index (χ1v) is 12.6. The van der Waals surface area contributed by atoms with Crippen LogP contribution in [0.3, 0.4) is 0 Å². The van der Waals surface area contributed by atoms with Gasteiger partial charge in [-0.1, -0.05) is 40.9 Å². The van der Waals surface area contributed by atoms with Crippen molar-refractivity contribution >= 4 is 55.5 Å². The van der Waals surface area contributed by atoms with Gasteiger partial charge in [-0.15, -0.1) is 0 Å². The summed E-state index contributed by atoms with van der Waals surface area (Å²) in [6.45, 7) is 1.09. The molecular formula is C26H25BrN4O5. The quantitative estimate of drug-likeness (QED) is 0.378. The standard InChI is InChI=1S/C26H25BrN4O5/c1-15-12-17(10-11-19(15)27)29-21(32)13-30-23-18-8-4-5-9-20(18)36-24(23)25(34)31(26(30)35)14-22(33)28-16-6-2-3-7-16/h4-5,8-12,16H,2-3,6-7,13-14H2,1H3,(H,28,33)(H,29,32). The van der Waals surface area contributed by atoms with Crippen molar-refractivity contribution in [3.05, 3.63) is 73.3 Å². The lowest BCUT2D eigenvalue weighted by molar-refractivity contribution is -0.122. The summed E-state index contributed by atoms with van der Waals surface area (Å²) >= 11 is 3.43. The summed E-state index contributed by atoms with van der Waals surface area (Å²) in [6.07, 6.45) is 3.83. The summed E-state index contributed by atoms with van der Waals surface area (Å²) in [4.78, 5) is 52.5. The zero-order chi connectivity index (χ0) is 25.4. The summed E-state index contributed by atoms with van der Waals surface area (Å²) in [5.74, 6) is -0.871. The highest BCUT2D eigenvalue weighted by Gasteiger charge is 2.24. The van der Waals surface area contributed by atoms with Gasteiger partial charge in [0.2, 0.25) is 17.4 Å². The third-order valence-corrected chi connectivity index (χ3v) is 7.40. The van der Waals surface area contributed by atoms with Crippen LogP contribution in [0.1, 0.15) is 31.2 Å². The maximum absolute atomic E-state index is 13.5. The molecule has 0 spiro atoms. The fourth-order valence-electron chi connectivity index (χ4n) is 4.74. The van der Waals surface area contributed by atoms with Crippen LogP contribution >= 0.6 is 15.9 Å². The van der Waals surface area contributed by atoms with E-state index in [0.717, 1.165) is 40.3 Å². The van der Waals surface area contributed by atoms with Crippen molar-refractivity contribution in [2.75, 3.05) is 5.32 Å². The van der Waals surface area contributed by atoms with Crippen LogP contribution in [0.15, 0.2) is 60.9 Å². The minimum Gasteiger partial charge on any atom is -0.449 e. The number of halogens is 1. The molecule has 1 saturated carbocycles. The van der Waals surface area contributed by atoms with Crippen molar-refractivity contribution in [1.82, 2.24) is 14.5 Å². The molecule has 0 unspecified atom stereocenters. The van der Waals surface area contributed by atoms with E-state index < -0.39 is 29.6 Å². The van der Waals surface area contributed by atoms with Gasteiger partial charge in [0, 0.05) is 21.6 Å². The Bertz CT molecular complexity index is 1610. The Kier molecular flexibility index (Phi) is 6.53. The number of nitrogens with one attached hydrogen (secondary N) is 2. The molecule has 1 fully saturated rings. The molecule has 0 bridgehead atoms. The van der Waals surface area contributed by atoms with Crippen LogP contribution in [-0.4, -0.2) is 27.0 Å². The predicted octanol–water partition coefficient (Wildman–Crippen LogP) is 3.68. The molecule has 2 N–H and O–H groups in total. The first kappa shape index (κ1) is 24.1. The van der Waals surface area contributed by atoms with Gasteiger partial charge in [0.05, 0.1) is 0 Å². The molecule has 1 aliphatic carbocycles. The summed E-state index contributed by atoms with van der Waals surface area (Å²) in [5, 5.41) is 6.23. The van der Waals surface area contributed by atoms with Crippen LogP contribution in [0.2, 0.25) is 0 Å². The van der Waals surface area contributed by atoms with Crippen molar-refractivity contribution < 1.29 is 14.0 Å². The van der Waals surface area contributed by atoms with Gasteiger partial charge in [-0.3, -0.25) is 19.0 Å². The van der Waals surface area contributed by atoms with Crippen LogP contribution in [0.4, 0.5) is 5.69 Å². The molecule has 186 valence electrons. The van der Waals surface area contributed by atoms with Gasteiger partial charge in [0.15, 0.2) is 0 Å². The van der Waals surface area contributed by atoms with E-state index in [1.54, 1.807) is 30.3 Å². The number of carbonyl (C=O) groups is 2. The number of fused-ring (bicyclic) bond motifs is 3. The Morgan fingerprint density at radius 1 is 1.03 bits per heavy atom. The third-order valence-electron chi connectivity index (χ3n) is 6.51. The number of para-hydroxylation sites is 1. The molecule has 9 nitrogen and oxygen atoms in total. The molecule has 0 radical (unpaired) electrons. The molecule has 0 aliphatic heterocycles. The zero-order valence-corrected chi connectivity index (χ0v) is 21.3. The highest BCUT2D eigenvalue weighted by Crippen LogP contribution is 2.26. The summed E-state index contributed by atoms with van der Waals surface area (Å²) in [6, 6.07) is 12.3. The number of aromatic nitrogens is 2. The number of amides is 2. The normalized spacial score (nSPS) is 13.9. The fourth-order valence-corrected chi connectivity index (χ4v) is 4.98. The van der Waals surface area contributed by atoms with Crippen LogP contribution in [0, 0.1) is 6.92 Å². The van der Waals surface area contributed by atoms with E-state index in [2.05, 4.69) is 26.6 Å². The van der Waals surface area contributed by atoms with Gasteiger partial charge < -0.3 is 15.1 Å². The minimum absolute atomic E-state index is 0.0468. The van der Waals surface area contributed by atoms with Gasteiger partial charge in [-0.2, -0.15) is 0 Å². The van der Waals surface area contributed by atoms with Crippen molar-refractivity contribution in [3.63, 3.8) is 0 Å². The van der Waals surface area contributed by atoms with Gasteiger partial charge in [-0.05, 0) is 55.7 Å². The first-order chi connectivity index (χ1) is 17.3. The molecule has 2 aromatic carbocycles. The molecule has 2 amide bonds. The van der Waals surface area contributed by atoms with Crippen molar-refractivity contribution in [1.29, 1.82) is 0 Å². The van der Waals surface area contributed by atoms with E-state index in [4.69, 9.17) is 4.42 Å². The number of hydrogen-bond acceptors (Lipinski definition) is 5. The monoisotopic (exact) mass is 552 g/mol. The molecular weight excluding hydrogens is 528 g/mol. The van der Waals surface area contributed by atoms with E-state index >= 15 is 0 Å².